The third kappa shape index (κ3) is 48.9. The van der Waals surface area contributed by atoms with Crippen LogP contribution < -0.4 is 37.7 Å². The number of rotatable bonds is 0. The van der Waals surface area contributed by atoms with E-state index in [1.165, 1.54) is 0 Å². The molecule has 0 saturated heterocycles. The molecule has 0 spiro atoms. The number of hydrogen-bond donors (Lipinski definition) is 0. The molecule has 0 aromatic carbocycles. The minimum atomic E-state index is 0. The zero-order chi connectivity index (χ0) is 0. The third-order valence-corrected chi connectivity index (χ3v) is 0. The minimum absolute atomic E-state index is 0. The standard InChI is InChI=1S/Al.3FH.2Li.5H/h;3*1H;;;;;;;/q;;;;2*+1;;;;2*-1. The second-order valence-corrected chi connectivity index (χ2v) is 0. The van der Waals surface area contributed by atoms with Crippen LogP contribution in [0.5, 0.6) is 0 Å². The van der Waals surface area contributed by atoms with Gasteiger partial charge in [0.2, 0.25) is 0 Å². The van der Waals surface area contributed by atoms with Crippen molar-refractivity contribution in [1.82, 2.24) is 0 Å². The molecule has 0 amide bonds. The summed E-state index contributed by atoms with van der Waals surface area (Å²) in [7, 11) is 0. The van der Waals surface area contributed by atoms with Crippen LogP contribution >= 0.6 is 0 Å². The van der Waals surface area contributed by atoms with Gasteiger partial charge in [0.1, 0.15) is 0 Å². The van der Waals surface area contributed by atoms with Crippen LogP contribution in [0.4, 0.5) is 14.1 Å². The van der Waals surface area contributed by atoms with E-state index in [-0.39, 0.29) is 72.0 Å². The molecule has 0 N–H and O–H groups in total. The maximum atomic E-state index is 0. The van der Waals surface area contributed by atoms with Crippen molar-refractivity contribution in [2.45, 2.75) is 0 Å². The van der Waals surface area contributed by atoms with Gasteiger partial charge in [0, 0.05) is 0 Å². The molecule has 6 heteroatoms. The molecule has 0 aliphatic rings. The van der Waals surface area contributed by atoms with Gasteiger partial charge in [0.05, 0.1) is 0 Å². The van der Waals surface area contributed by atoms with E-state index < -0.39 is 0 Å². The van der Waals surface area contributed by atoms with E-state index in [2.05, 4.69) is 0 Å². The van der Waals surface area contributed by atoms with Crippen molar-refractivity contribution in [2.24, 2.45) is 0 Å². The quantitative estimate of drug-likeness (QED) is 0.269. The first-order valence-electron chi connectivity index (χ1n) is 0. The Morgan fingerprint density at radius 3 is 0.667 bits per heavy atom. The van der Waals surface area contributed by atoms with Crippen LogP contribution in [0.15, 0.2) is 0 Å². The van der Waals surface area contributed by atoms with Gasteiger partial charge < -0.3 is 2.85 Å². The topological polar surface area (TPSA) is 0 Å². The van der Waals surface area contributed by atoms with Crippen LogP contribution in [0.25, 0.3) is 0 Å². The Hall–Kier alpha value is 1.52. The van der Waals surface area contributed by atoms with Crippen LogP contribution in [0.2, 0.25) is 0 Å². The predicted molar refractivity (Wildman–Crippen MR) is 19.7 cm³/mol. The summed E-state index contributed by atoms with van der Waals surface area (Å²) in [5.74, 6) is 0. The Balaban J connectivity index is 0. The van der Waals surface area contributed by atoms with E-state index in [0.29, 0.717) is 0 Å². The number of halogens is 3. The fourth-order valence-electron chi connectivity index (χ4n) is 0. The Kier molecular flexibility index (Phi) is 1990. The summed E-state index contributed by atoms with van der Waals surface area (Å²) in [6.45, 7) is 0. The van der Waals surface area contributed by atoms with E-state index >= 15 is 0 Å². The molecular formula is H8AlF3Li2. The van der Waals surface area contributed by atoms with Gasteiger partial charge in [0.25, 0.3) is 0 Å². The van der Waals surface area contributed by atoms with Gasteiger partial charge in [-0.1, -0.05) is 0 Å². The molecule has 0 fully saturated rings. The van der Waals surface area contributed by atoms with Crippen molar-refractivity contribution < 1.29 is 54.7 Å². The molecule has 0 rings (SSSR count). The van der Waals surface area contributed by atoms with Gasteiger partial charge in [-0.2, -0.15) is 0 Å². The van der Waals surface area contributed by atoms with E-state index in [4.69, 9.17) is 0 Å². The number of hydrogen-bond acceptors (Lipinski definition) is 0. The normalized spacial score (nSPS) is 0. The molecule has 0 aliphatic heterocycles. The van der Waals surface area contributed by atoms with Crippen LogP contribution in [0, 0.1) is 0 Å². The van der Waals surface area contributed by atoms with Crippen LogP contribution in [0.3, 0.4) is 0 Å². The second-order valence-electron chi connectivity index (χ2n) is 0. The maximum absolute atomic E-state index is 0. The summed E-state index contributed by atoms with van der Waals surface area (Å²) < 4.78 is 0. The molecule has 0 atom stereocenters. The van der Waals surface area contributed by atoms with Gasteiger partial charge in [-0.3, -0.25) is 14.1 Å². The maximum Gasteiger partial charge on any atom is 1.00 e. The predicted octanol–water partition coefficient (Wildman–Crippen LogP) is -6.49. The van der Waals surface area contributed by atoms with Crippen molar-refractivity contribution in [3.63, 3.8) is 0 Å². The first kappa shape index (κ1) is 139. The van der Waals surface area contributed by atoms with Gasteiger partial charge in [0.15, 0.2) is 17.4 Å². The van der Waals surface area contributed by atoms with Gasteiger partial charge in [-0.25, -0.2) is 0 Å². The van der Waals surface area contributed by atoms with Crippen molar-refractivity contribution >= 4 is 17.4 Å². The first-order chi connectivity index (χ1) is 0. The first-order valence-corrected chi connectivity index (χ1v) is 0. The molecule has 0 saturated carbocycles. The Bertz CT molecular complexity index is 15.2. The average Bonchev–Trinajstić information content (AvgIpc) is 0. The summed E-state index contributed by atoms with van der Waals surface area (Å²) in [6, 6.07) is 0. The van der Waals surface area contributed by atoms with Crippen molar-refractivity contribution in [3.05, 3.63) is 0 Å². The van der Waals surface area contributed by atoms with Crippen LogP contribution in [-0.4, -0.2) is 17.4 Å². The third-order valence-electron chi connectivity index (χ3n) is 0. The van der Waals surface area contributed by atoms with E-state index in [9.17, 15) is 0 Å². The molecular weight excluding hydrogens is 97.9 g/mol. The summed E-state index contributed by atoms with van der Waals surface area (Å²) in [5, 5.41) is 0. The van der Waals surface area contributed by atoms with Gasteiger partial charge in [-0.15, -0.1) is 0 Å². The molecule has 0 heterocycles. The zero-order valence-electron chi connectivity index (χ0n) is 5.22. The van der Waals surface area contributed by atoms with Crippen molar-refractivity contribution in [1.29, 1.82) is 0 Å². The Morgan fingerprint density at radius 1 is 0.667 bits per heavy atom. The monoisotopic (exact) mass is 106 g/mol. The van der Waals surface area contributed by atoms with Crippen molar-refractivity contribution in [3.8, 4) is 0 Å². The minimum Gasteiger partial charge on any atom is -1.00 e. The largest absolute Gasteiger partial charge is 1.00 e. The molecule has 0 unspecified atom stereocenters. The molecule has 0 bridgehead atoms. The van der Waals surface area contributed by atoms with Crippen molar-refractivity contribution in [2.75, 3.05) is 0 Å². The van der Waals surface area contributed by atoms with Crippen LogP contribution in [-0.2, 0) is 0 Å². The summed E-state index contributed by atoms with van der Waals surface area (Å²) in [4.78, 5) is 0. The molecule has 6 heavy (non-hydrogen) atoms. The molecule has 0 aliphatic carbocycles. The molecule has 0 aromatic heterocycles. The smallest absolute Gasteiger partial charge is 1.00 e. The van der Waals surface area contributed by atoms with Gasteiger partial charge >= 0.3 is 37.7 Å². The average molecular weight is 106 g/mol. The zero-order valence-corrected chi connectivity index (χ0v) is 3.22. The Labute approximate surface area is 72.0 Å². The van der Waals surface area contributed by atoms with Crippen LogP contribution in [0.1, 0.15) is 2.85 Å². The van der Waals surface area contributed by atoms with E-state index in [0.717, 1.165) is 0 Å². The van der Waals surface area contributed by atoms with Gasteiger partial charge in [-0.05, 0) is 0 Å². The molecule has 0 aromatic rings. The Morgan fingerprint density at radius 2 is 0.667 bits per heavy atom. The molecule has 0 nitrogen and oxygen atoms in total. The SMILES string of the molecule is F.F.F.[AlH3].[H-].[H-].[Li+].[Li+]. The van der Waals surface area contributed by atoms with E-state index in [1.807, 2.05) is 0 Å². The molecule has 0 radical (unpaired) electrons. The summed E-state index contributed by atoms with van der Waals surface area (Å²) in [5.41, 5.74) is 0. The second kappa shape index (κ2) is 86.2. The molecule has 34 valence electrons. The van der Waals surface area contributed by atoms with E-state index in [1.54, 1.807) is 0 Å². The fraction of sp³-hybridized carbons (Fsp3) is 0. The summed E-state index contributed by atoms with van der Waals surface area (Å²) >= 11 is 0. The summed E-state index contributed by atoms with van der Waals surface area (Å²) in [6.07, 6.45) is 0. The fourth-order valence-corrected chi connectivity index (χ4v) is 0.